The predicted molar refractivity (Wildman–Crippen MR) is 130 cm³/mol. The van der Waals surface area contributed by atoms with E-state index in [2.05, 4.69) is 15.2 Å². The average molecular weight is 507 g/mol. The summed E-state index contributed by atoms with van der Waals surface area (Å²) in [6, 6.07) is 9.88. The molecule has 0 radical (unpaired) electrons. The van der Waals surface area contributed by atoms with Crippen molar-refractivity contribution in [1.82, 2.24) is 9.88 Å². The number of aliphatic carboxylic acids is 4. The van der Waals surface area contributed by atoms with Crippen LogP contribution in [0.15, 0.2) is 30.3 Å². The van der Waals surface area contributed by atoms with Gasteiger partial charge in [-0.1, -0.05) is 31.0 Å². The number of pyridine rings is 1. The molecule has 1 aromatic carbocycles. The SMILES string of the molecule is CN(C)c1cc(NC(=O)CN2CCCCCC2)c2ccccc2n1.O=C(O)C(=O)O.O=C(O)C(=O)O. The number of nitrogens with one attached hydrogen (secondary N) is 1. The molecule has 1 aromatic heterocycles. The highest BCUT2D eigenvalue weighted by molar-refractivity contribution is 6.27. The third-order valence-electron chi connectivity index (χ3n) is 4.87. The Labute approximate surface area is 207 Å². The van der Waals surface area contributed by atoms with Gasteiger partial charge in [-0.05, 0) is 32.0 Å². The second-order valence-electron chi connectivity index (χ2n) is 7.90. The minimum atomic E-state index is -1.82. The van der Waals surface area contributed by atoms with E-state index in [0.717, 1.165) is 35.5 Å². The molecule has 0 atom stereocenters. The lowest BCUT2D eigenvalue weighted by molar-refractivity contribution is -0.159. The number of carboxylic acid groups (broad SMARTS) is 4. The van der Waals surface area contributed by atoms with Crippen molar-refractivity contribution >= 4 is 52.2 Å². The van der Waals surface area contributed by atoms with E-state index in [9.17, 15) is 4.79 Å². The van der Waals surface area contributed by atoms with Crippen LogP contribution in [0.25, 0.3) is 10.9 Å². The number of carbonyl (C=O) groups is 5. The molecule has 196 valence electrons. The molecular formula is C23H30N4O9. The van der Waals surface area contributed by atoms with Crippen molar-refractivity contribution in [3.63, 3.8) is 0 Å². The van der Waals surface area contributed by atoms with Crippen LogP contribution < -0.4 is 10.2 Å². The van der Waals surface area contributed by atoms with Gasteiger partial charge in [0.1, 0.15) is 5.82 Å². The first-order valence-corrected chi connectivity index (χ1v) is 10.9. The molecule has 1 saturated heterocycles. The summed E-state index contributed by atoms with van der Waals surface area (Å²) in [6.45, 7) is 2.51. The van der Waals surface area contributed by atoms with Gasteiger partial charge in [0.05, 0.1) is 17.7 Å². The molecule has 13 nitrogen and oxygen atoms in total. The number of hydrogen-bond acceptors (Lipinski definition) is 8. The average Bonchev–Trinajstić information content (AvgIpc) is 3.08. The number of likely N-dealkylation sites (tertiary alicyclic amines) is 1. The van der Waals surface area contributed by atoms with Gasteiger partial charge in [0.25, 0.3) is 0 Å². The number of carboxylic acids is 4. The number of fused-ring (bicyclic) bond motifs is 1. The fourth-order valence-electron chi connectivity index (χ4n) is 3.18. The van der Waals surface area contributed by atoms with Crippen LogP contribution in [-0.4, -0.2) is 93.8 Å². The van der Waals surface area contributed by atoms with E-state index in [1.165, 1.54) is 25.7 Å². The summed E-state index contributed by atoms with van der Waals surface area (Å²) < 4.78 is 0. The Hall–Kier alpha value is -4.26. The molecule has 0 aliphatic carbocycles. The highest BCUT2D eigenvalue weighted by atomic mass is 16.4. The first kappa shape index (κ1) is 29.8. The van der Waals surface area contributed by atoms with E-state index in [1.54, 1.807) is 0 Å². The summed E-state index contributed by atoms with van der Waals surface area (Å²) in [4.78, 5) is 57.8. The molecule has 1 amide bonds. The van der Waals surface area contributed by atoms with Crippen molar-refractivity contribution in [3.05, 3.63) is 30.3 Å². The van der Waals surface area contributed by atoms with E-state index in [-0.39, 0.29) is 5.91 Å². The molecule has 0 bridgehead atoms. The normalized spacial score (nSPS) is 13.1. The lowest BCUT2D eigenvalue weighted by atomic mass is 10.1. The Bertz CT molecular complexity index is 1030. The van der Waals surface area contributed by atoms with Gasteiger partial charge in [-0.25, -0.2) is 24.2 Å². The topological polar surface area (TPSA) is 198 Å². The maximum absolute atomic E-state index is 12.5. The zero-order valence-corrected chi connectivity index (χ0v) is 20.0. The van der Waals surface area contributed by atoms with Gasteiger partial charge in [-0.15, -0.1) is 0 Å². The van der Waals surface area contributed by atoms with Gasteiger partial charge in [-0.3, -0.25) is 9.69 Å². The fourth-order valence-corrected chi connectivity index (χ4v) is 3.18. The molecule has 3 rings (SSSR count). The Morgan fingerprint density at radius 3 is 1.83 bits per heavy atom. The standard InChI is InChI=1S/C19H26N4O.2C2H2O4/c1-22(2)18-13-17(15-9-5-6-10-16(15)20-18)21-19(24)14-23-11-7-3-4-8-12-23;2*3-1(4)2(5)6/h5-6,9-10,13H,3-4,7-8,11-12,14H2,1-2H3,(H,20,21,24);2*(H,3,4)(H,5,6). The van der Waals surface area contributed by atoms with Crippen LogP contribution in [0.3, 0.4) is 0 Å². The fraction of sp³-hybridized carbons (Fsp3) is 0.391. The van der Waals surface area contributed by atoms with Gasteiger partial charge in [0, 0.05) is 25.5 Å². The Morgan fingerprint density at radius 2 is 1.36 bits per heavy atom. The highest BCUT2D eigenvalue weighted by Gasteiger charge is 2.15. The number of hydrogen-bond donors (Lipinski definition) is 5. The van der Waals surface area contributed by atoms with Crippen molar-refractivity contribution in [3.8, 4) is 0 Å². The van der Waals surface area contributed by atoms with Crippen LogP contribution in [0.1, 0.15) is 25.7 Å². The summed E-state index contributed by atoms with van der Waals surface area (Å²) in [6.07, 6.45) is 4.94. The summed E-state index contributed by atoms with van der Waals surface area (Å²) >= 11 is 0. The summed E-state index contributed by atoms with van der Waals surface area (Å²) in [7, 11) is 3.92. The molecule has 2 aromatic rings. The molecule has 0 unspecified atom stereocenters. The number of anilines is 2. The van der Waals surface area contributed by atoms with E-state index < -0.39 is 23.9 Å². The maximum Gasteiger partial charge on any atom is 0.414 e. The molecule has 0 spiro atoms. The molecular weight excluding hydrogens is 476 g/mol. The predicted octanol–water partition coefficient (Wildman–Crippen LogP) is 1.43. The van der Waals surface area contributed by atoms with E-state index in [0.29, 0.717) is 6.54 Å². The lowest BCUT2D eigenvalue weighted by Gasteiger charge is -2.20. The van der Waals surface area contributed by atoms with Crippen LogP contribution in [0.5, 0.6) is 0 Å². The van der Waals surface area contributed by atoms with Crippen LogP contribution in [0, 0.1) is 0 Å². The van der Waals surface area contributed by atoms with Gasteiger partial charge < -0.3 is 30.6 Å². The number of aromatic nitrogens is 1. The Kier molecular flexibility index (Phi) is 12.3. The Morgan fingerprint density at radius 1 is 0.861 bits per heavy atom. The van der Waals surface area contributed by atoms with Crippen LogP contribution in [0.4, 0.5) is 11.5 Å². The molecule has 1 aliphatic heterocycles. The van der Waals surface area contributed by atoms with Gasteiger partial charge in [-0.2, -0.15) is 0 Å². The number of amides is 1. The van der Waals surface area contributed by atoms with Crippen molar-refractivity contribution < 1.29 is 44.4 Å². The zero-order chi connectivity index (χ0) is 27.3. The maximum atomic E-state index is 12.5. The lowest BCUT2D eigenvalue weighted by Crippen LogP contribution is -2.34. The molecule has 5 N–H and O–H groups in total. The highest BCUT2D eigenvalue weighted by Crippen LogP contribution is 2.26. The zero-order valence-electron chi connectivity index (χ0n) is 20.0. The number of para-hydroxylation sites is 1. The summed E-state index contributed by atoms with van der Waals surface area (Å²) in [5.41, 5.74) is 1.73. The van der Waals surface area contributed by atoms with Crippen molar-refractivity contribution in [2.45, 2.75) is 25.7 Å². The number of carbonyl (C=O) groups excluding carboxylic acids is 1. The second kappa shape index (κ2) is 14.9. The molecule has 0 saturated carbocycles. The minimum Gasteiger partial charge on any atom is -0.473 e. The second-order valence-corrected chi connectivity index (χ2v) is 7.90. The van der Waals surface area contributed by atoms with Crippen LogP contribution in [0.2, 0.25) is 0 Å². The van der Waals surface area contributed by atoms with E-state index >= 15 is 0 Å². The Balaban J connectivity index is 0.000000450. The van der Waals surface area contributed by atoms with Crippen molar-refractivity contribution in [1.29, 1.82) is 0 Å². The monoisotopic (exact) mass is 506 g/mol. The summed E-state index contributed by atoms with van der Waals surface area (Å²) in [5, 5.41) is 33.6. The first-order valence-electron chi connectivity index (χ1n) is 10.9. The van der Waals surface area contributed by atoms with Gasteiger partial charge >= 0.3 is 23.9 Å². The minimum absolute atomic E-state index is 0.0537. The first-order chi connectivity index (χ1) is 16.9. The number of nitrogens with zero attached hydrogens (tertiary/aromatic N) is 3. The van der Waals surface area contributed by atoms with Crippen LogP contribution in [-0.2, 0) is 24.0 Å². The van der Waals surface area contributed by atoms with Crippen molar-refractivity contribution in [2.24, 2.45) is 0 Å². The third-order valence-corrected chi connectivity index (χ3v) is 4.87. The van der Waals surface area contributed by atoms with E-state index in [4.69, 9.17) is 39.6 Å². The van der Waals surface area contributed by atoms with Gasteiger partial charge in [0.15, 0.2) is 0 Å². The number of benzene rings is 1. The molecule has 2 heterocycles. The molecule has 36 heavy (non-hydrogen) atoms. The largest absolute Gasteiger partial charge is 0.473 e. The number of rotatable bonds is 4. The van der Waals surface area contributed by atoms with Gasteiger partial charge in [0.2, 0.25) is 5.91 Å². The smallest absolute Gasteiger partial charge is 0.414 e. The van der Waals surface area contributed by atoms with E-state index in [1.807, 2.05) is 49.3 Å². The quantitative estimate of drug-likeness (QED) is 0.374. The van der Waals surface area contributed by atoms with Crippen LogP contribution >= 0.6 is 0 Å². The third kappa shape index (κ3) is 10.8. The molecule has 1 aliphatic rings. The van der Waals surface area contributed by atoms with Crippen molar-refractivity contribution in [2.75, 3.05) is 43.9 Å². The molecule has 13 heteroatoms. The molecule has 1 fully saturated rings. The summed E-state index contributed by atoms with van der Waals surface area (Å²) in [5.74, 6) is -6.40.